The summed E-state index contributed by atoms with van der Waals surface area (Å²) in [4.78, 5) is 14.2. The minimum atomic E-state index is -0.115. The van der Waals surface area contributed by atoms with Gasteiger partial charge in [-0.1, -0.05) is 19.1 Å². The van der Waals surface area contributed by atoms with Gasteiger partial charge in [0.05, 0.1) is 12.2 Å². The second kappa shape index (κ2) is 4.80. The highest BCUT2D eigenvalue weighted by molar-refractivity contribution is 6.05. The second-order valence-electron chi connectivity index (χ2n) is 4.39. The summed E-state index contributed by atoms with van der Waals surface area (Å²) in [5, 5.41) is 0. The first-order valence-corrected chi connectivity index (χ1v) is 6.42. The fraction of sp³-hybridized carbons (Fsp3) is 0.267. The van der Waals surface area contributed by atoms with E-state index in [0.717, 1.165) is 23.6 Å². The lowest BCUT2D eigenvalue weighted by molar-refractivity contribution is 0.0948. The number of hydrogen-bond donors (Lipinski definition) is 0. The number of nitrogens with zero attached hydrogens (tertiary/aromatic N) is 1. The monoisotopic (exact) mass is 257 g/mol. The number of anilines is 1. The van der Waals surface area contributed by atoms with Gasteiger partial charge in [-0.25, -0.2) is 0 Å². The van der Waals surface area contributed by atoms with E-state index in [0.29, 0.717) is 18.9 Å². The molecule has 4 nitrogen and oxygen atoms in total. The number of aryl methyl sites for hydroxylation is 1. The van der Waals surface area contributed by atoms with Gasteiger partial charge < -0.3 is 9.15 Å². The predicted octanol–water partition coefficient (Wildman–Crippen LogP) is 2.88. The lowest BCUT2D eigenvalue weighted by Gasteiger charge is -2.28. The van der Waals surface area contributed by atoms with Crippen LogP contribution in [0, 0.1) is 0 Å². The van der Waals surface area contributed by atoms with Crippen molar-refractivity contribution in [2.45, 2.75) is 13.3 Å². The summed E-state index contributed by atoms with van der Waals surface area (Å²) in [7, 11) is 0. The van der Waals surface area contributed by atoms with Gasteiger partial charge in [-0.2, -0.15) is 0 Å². The summed E-state index contributed by atoms with van der Waals surface area (Å²) in [6.45, 7) is 3.04. The van der Waals surface area contributed by atoms with Crippen molar-refractivity contribution in [1.29, 1.82) is 0 Å². The normalized spacial score (nSPS) is 13.8. The van der Waals surface area contributed by atoms with Crippen LogP contribution in [-0.4, -0.2) is 19.1 Å². The molecule has 0 radical (unpaired) electrons. The predicted molar refractivity (Wildman–Crippen MR) is 71.7 cm³/mol. The highest BCUT2D eigenvalue weighted by Gasteiger charge is 2.26. The molecule has 1 amide bonds. The summed E-state index contributed by atoms with van der Waals surface area (Å²) in [6, 6.07) is 11.1. The van der Waals surface area contributed by atoms with Crippen molar-refractivity contribution in [3.8, 4) is 5.75 Å². The first-order valence-electron chi connectivity index (χ1n) is 6.42. The zero-order valence-electron chi connectivity index (χ0n) is 10.8. The summed E-state index contributed by atoms with van der Waals surface area (Å²) >= 11 is 0. The van der Waals surface area contributed by atoms with Crippen molar-refractivity contribution in [1.82, 2.24) is 0 Å². The zero-order valence-corrected chi connectivity index (χ0v) is 10.8. The Morgan fingerprint density at radius 1 is 1.26 bits per heavy atom. The highest BCUT2D eigenvalue weighted by Crippen LogP contribution is 2.32. The molecule has 2 aromatic rings. The topological polar surface area (TPSA) is 42.7 Å². The van der Waals surface area contributed by atoms with Gasteiger partial charge >= 0.3 is 0 Å². The lowest BCUT2D eigenvalue weighted by atomic mass is 10.2. The number of rotatable bonds is 2. The standard InChI is InChI=1S/C15H15NO3/c1-2-11-7-8-14(19-11)15(17)16-9-10-18-13-6-4-3-5-12(13)16/h3-8H,2,9-10H2,1H3. The molecule has 1 aliphatic heterocycles. The van der Waals surface area contributed by atoms with E-state index in [4.69, 9.17) is 9.15 Å². The third-order valence-electron chi connectivity index (χ3n) is 3.19. The van der Waals surface area contributed by atoms with Crippen LogP contribution in [0.2, 0.25) is 0 Å². The molecule has 0 N–H and O–H groups in total. The van der Waals surface area contributed by atoms with Gasteiger partial charge in [0.1, 0.15) is 18.1 Å². The van der Waals surface area contributed by atoms with Crippen molar-refractivity contribution in [2.24, 2.45) is 0 Å². The van der Waals surface area contributed by atoms with Crippen LogP contribution in [0.3, 0.4) is 0 Å². The minimum absolute atomic E-state index is 0.115. The molecule has 0 aliphatic carbocycles. The number of para-hydroxylation sites is 2. The van der Waals surface area contributed by atoms with Crippen LogP contribution in [0.5, 0.6) is 5.75 Å². The second-order valence-corrected chi connectivity index (χ2v) is 4.39. The van der Waals surface area contributed by atoms with Crippen LogP contribution in [0.25, 0.3) is 0 Å². The fourth-order valence-corrected chi connectivity index (χ4v) is 2.20. The summed E-state index contributed by atoms with van der Waals surface area (Å²) in [6.07, 6.45) is 0.785. The highest BCUT2D eigenvalue weighted by atomic mass is 16.5. The Morgan fingerprint density at radius 3 is 2.89 bits per heavy atom. The molecule has 3 rings (SSSR count). The number of furan rings is 1. The quantitative estimate of drug-likeness (QED) is 0.830. The van der Waals surface area contributed by atoms with Gasteiger partial charge in [0.15, 0.2) is 5.76 Å². The fourth-order valence-electron chi connectivity index (χ4n) is 2.20. The van der Waals surface area contributed by atoms with Gasteiger partial charge in [0.25, 0.3) is 5.91 Å². The summed E-state index contributed by atoms with van der Waals surface area (Å²) < 4.78 is 11.1. The van der Waals surface area contributed by atoms with E-state index in [1.165, 1.54) is 0 Å². The molecule has 19 heavy (non-hydrogen) atoms. The number of carbonyl (C=O) groups excluding carboxylic acids is 1. The lowest BCUT2D eigenvalue weighted by Crippen LogP contribution is -2.37. The molecule has 1 aliphatic rings. The summed E-state index contributed by atoms with van der Waals surface area (Å²) in [5.41, 5.74) is 0.799. The van der Waals surface area contributed by atoms with Crippen molar-refractivity contribution in [3.63, 3.8) is 0 Å². The molecule has 0 atom stereocenters. The Labute approximate surface area is 111 Å². The minimum Gasteiger partial charge on any atom is -0.490 e. The number of fused-ring (bicyclic) bond motifs is 1. The van der Waals surface area contributed by atoms with E-state index in [1.807, 2.05) is 37.3 Å². The average molecular weight is 257 g/mol. The molecule has 4 heteroatoms. The number of benzene rings is 1. The molecule has 1 aromatic carbocycles. The molecular formula is C15H15NO3. The maximum absolute atomic E-state index is 12.5. The Balaban J connectivity index is 1.93. The molecule has 0 fully saturated rings. The van der Waals surface area contributed by atoms with Crippen molar-refractivity contribution < 1.29 is 13.9 Å². The molecule has 0 spiro atoms. The van der Waals surface area contributed by atoms with Crippen LogP contribution in [0.15, 0.2) is 40.8 Å². The third-order valence-corrected chi connectivity index (χ3v) is 3.19. The molecule has 2 heterocycles. The van der Waals surface area contributed by atoms with Gasteiger partial charge in [-0.3, -0.25) is 9.69 Å². The van der Waals surface area contributed by atoms with Crippen LogP contribution in [0.1, 0.15) is 23.2 Å². The number of ether oxygens (including phenoxy) is 1. The maximum atomic E-state index is 12.5. The number of hydrogen-bond acceptors (Lipinski definition) is 3. The smallest absolute Gasteiger partial charge is 0.294 e. The molecule has 0 saturated carbocycles. The number of carbonyl (C=O) groups is 1. The van der Waals surface area contributed by atoms with E-state index in [-0.39, 0.29) is 5.91 Å². The Bertz CT molecular complexity index is 603. The van der Waals surface area contributed by atoms with Crippen LogP contribution < -0.4 is 9.64 Å². The van der Waals surface area contributed by atoms with E-state index in [2.05, 4.69) is 0 Å². The molecule has 0 unspecified atom stereocenters. The molecule has 0 bridgehead atoms. The molecule has 0 saturated heterocycles. The molecular weight excluding hydrogens is 242 g/mol. The van der Waals surface area contributed by atoms with E-state index < -0.39 is 0 Å². The number of amides is 1. The van der Waals surface area contributed by atoms with Crippen molar-refractivity contribution in [2.75, 3.05) is 18.1 Å². The van der Waals surface area contributed by atoms with Crippen molar-refractivity contribution in [3.05, 3.63) is 47.9 Å². The Kier molecular flexibility index (Phi) is 2.99. The molecule has 1 aromatic heterocycles. The average Bonchev–Trinajstić information content (AvgIpc) is 2.95. The zero-order chi connectivity index (χ0) is 13.2. The Hall–Kier alpha value is -2.23. The van der Waals surface area contributed by atoms with Gasteiger partial charge in [0.2, 0.25) is 0 Å². The van der Waals surface area contributed by atoms with Crippen LogP contribution in [0.4, 0.5) is 5.69 Å². The third kappa shape index (κ3) is 2.10. The van der Waals surface area contributed by atoms with Crippen molar-refractivity contribution >= 4 is 11.6 Å². The van der Waals surface area contributed by atoms with E-state index >= 15 is 0 Å². The van der Waals surface area contributed by atoms with Crippen LogP contribution in [-0.2, 0) is 6.42 Å². The van der Waals surface area contributed by atoms with E-state index in [9.17, 15) is 4.79 Å². The first-order chi connectivity index (χ1) is 9.29. The van der Waals surface area contributed by atoms with Crippen LogP contribution >= 0.6 is 0 Å². The maximum Gasteiger partial charge on any atom is 0.294 e. The van der Waals surface area contributed by atoms with Gasteiger partial charge in [-0.05, 0) is 24.3 Å². The Morgan fingerprint density at radius 2 is 2.11 bits per heavy atom. The largest absolute Gasteiger partial charge is 0.490 e. The van der Waals surface area contributed by atoms with E-state index in [1.54, 1.807) is 11.0 Å². The first kappa shape index (κ1) is 11.8. The summed E-state index contributed by atoms with van der Waals surface area (Å²) in [5.74, 6) is 1.83. The molecule has 98 valence electrons. The SMILES string of the molecule is CCc1ccc(C(=O)N2CCOc3ccccc32)o1. The van der Waals surface area contributed by atoms with Gasteiger partial charge in [-0.15, -0.1) is 0 Å². The van der Waals surface area contributed by atoms with Gasteiger partial charge in [0, 0.05) is 6.42 Å².